The fourth-order valence-electron chi connectivity index (χ4n) is 7.20. The first-order valence-corrected chi connectivity index (χ1v) is 15.2. The lowest BCUT2D eigenvalue weighted by Crippen LogP contribution is -2.30. The quantitative estimate of drug-likeness (QED) is 0.301. The molecule has 2 fully saturated rings. The van der Waals surface area contributed by atoms with Crippen LogP contribution in [0.1, 0.15) is 115 Å². The van der Waals surface area contributed by atoms with E-state index in [1.165, 1.54) is 64.2 Å². The number of hydrogen-bond donors (Lipinski definition) is 0. The summed E-state index contributed by atoms with van der Waals surface area (Å²) in [7, 11) is 0. The SMILES string of the molecule is CCCCCCCC1CC[C@@H]2C[C@H](c3cc(F)c(-c4ccc(C5=NC(C)(C)CO5)cc4)c(F)c3)CC[C@@H]2C1. The molecule has 0 saturated heterocycles. The molecule has 5 rings (SSSR count). The normalized spacial score (nSPS) is 26.5. The van der Waals surface area contributed by atoms with E-state index in [1.54, 1.807) is 24.3 Å². The zero-order valence-corrected chi connectivity index (χ0v) is 23.6. The number of fused-ring (bicyclic) bond motifs is 1. The number of hydrogen-bond acceptors (Lipinski definition) is 2. The van der Waals surface area contributed by atoms with Crippen LogP contribution in [0.3, 0.4) is 0 Å². The van der Waals surface area contributed by atoms with Crippen molar-refractivity contribution in [2.75, 3.05) is 6.61 Å². The largest absolute Gasteiger partial charge is 0.475 e. The molecule has 2 nitrogen and oxygen atoms in total. The molecule has 0 bridgehead atoms. The maximum absolute atomic E-state index is 15.3. The maximum Gasteiger partial charge on any atom is 0.216 e. The molecule has 1 unspecified atom stereocenters. The van der Waals surface area contributed by atoms with E-state index in [2.05, 4.69) is 11.9 Å². The molecule has 4 atom stereocenters. The van der Waals surface area contributed by atoms with Crippen molar-refractivity contribution in [3.63, 3.8) is 0 Å². The van der Waals surface area contributed by atoms with Crippen LogP contribution in [-0.2, 0) is 4.74 Å². The van der Waals surface area contributed by atoms with Gasteiger partial charge in [0.05, 0.1) is 11.1 Å². The van der Waals surface area contributed by atoms with E-state index in [-0.39, 0.29) is 17.0 Å². The van der Waals surface area contributed by atoms with E-state index in [0.29, 0.717) is 24.0 Å². The third-order valence-electron chi connectivity index (χ3n) is 9.36. The van der Waals surface area contributed by atoms with Crippen LogP contribution in [0.25, 0.3) is 11.1 Å². The molecule has 0 aromatic heterocycles. The lowest BCUT2D eigenvalue weighted by Gasteiger charge is -2.42. The molecule has 2 aliphatic carbocycles. The predicted octanol–water partition coefficient (Wildman–Crippen LogP) is 9.85. The van der Waals surface area contributed by atoms with Gasteiger partial charge in [0.2, 0.25) is 5.90 Å². The molecule has 0 N–H and O–H groups in total. The van der Waals surface area contributed by atoms with E-state index < -0.39 is 11.6 Å². The number of benzene rings is 2. The van der Waals surface area contributed by atoms with E-state index in [4.69, 9.17) is 4.74 Å². The molecular formula is C34H45F2NO. The van der Waals surface area contributed by atoms with Gasteiger partial charge in [-0.15, -0.1) is 0 Å². The Bertz CT molecular complexity index is 1100. The summed E-state index contributed by atoms with van der Waals surface area (Å²) in [5.74, 6) is 2.36. The summed E-state index contributed by atoms with van der Waals surface area (Å²) < 4.78 is 36.4. The second-order valence-electron chi connectivity index (χ2n) is 12.9. The zero-order chi connectivity index (χ0) is 26.7. The Hall–Kier alpha value is -2.23. The minimum atomic E-state index is -0.461. The maximum atomic E-state index is 15.3. The zero-order valence-electron chi connectivity index (χ0n) is 23.6. The second-order valence-corrected chi connectivity index (χ2v) is 12.9. The molecule has 0 radical (unpaired) electrons. The minimum absolute atomic E-state index is 0.0584. The van der Waals surface area contributed by atoms with Gasteiger partial charge in [-0.25, -0.2) is 13.8 Å². The van der Waals surface area contributed by atoms with E-state index in [1.807, 2.05) is 26.0 Å². The van der Waals surface area contributed by atoms with Crippen LogP contribution in [0, 0.1) is 29.4 Å². The smallest absolute Gasteiger partial charge is 0.216 e. The van der Waals surface area contributed by atoms with Gasteiger partial charge >= 0.3 is 0 Å². The van der Waals surface area contributed by atoms with E-state index >= 15 is 8.78 Å². The Labute approximate surface area is 228 Å². The summed E-state index contributed by atoms with van der Waals surface area (Å²) in [5.41, 5.74) is 2.04. The van der Waals surface area contributed by atoms with Crippen molar-refractivity contribution >= 4 is 5.90 Å². The molecule has 2 aromatic carbocycles. The summed E-state index contributed by atoms with van der Waals surface area (Å²) in [6, 6.07) is 10.4. The number of ether oxygens (including phenoxy) is 1. The van der Waals surface area contributed by atoms with Gasteiger partial charge in [0, 0.05) is 5.56 Å². The van der Waals surface area contributed by atoms with Crippen LogP contribution in [0.5, 0.6) is 0 Å². The first-order chi connectivity index (χ1) is 18.3. The highest BCUT2D eigenvalue weighted by Crippen LogP contribution is 2.49. The van der Waals surface area contributed by atoms with Crippen molar-refractivity contribution < 1.29 is 13.5 Å². The standard InChI is InChI=1S/C34H45F2NO/c1-4-5-6-7-8-9-23-10-11-27-19-28(17-16-26(27)18-23)29-20-30(35)32(31(36)21-29)24-12-14-25(15-13-24)33-37-34(2,3)22-38-33/h12-15,20-21,23,26-28H,4-11,16-19,22H2,1-3H3/t23?,26-,27-,28-/m1/s1. The molecule has 3 aliphatic rings. The molecule has 0 spiro atoms. The molecule has 0 amide bonds. The second kappa shape index (κ2) is 11.9. The van der Waals surface area contributed by atoms with E-state index in [0.717, 1.165) is 35.8 Å². The first kappa shape index (κ1) is 27.3. The molecule has 1 heterocycles. The summed E-state index contributed by atoms with van der Waals surface area (Å²) in [4.78, 5) is 4.59. The number of halogens is 2. The summed E-state index contributed by atoms with van der Waals surface area (Å²) in [6.07, 6.45) is 15.6. The minimum Gasteiger partial charge on any atom is -0.475 e. The lowest BCUT2D eigenvalue weighted by atomic mass is 9.63. The summed E-state index contributed by atoms with van der Waals surface area (Å²) >= 11 is 0. The number of nitrogens with zero attached hydrogens (tertiary/aromatic N) is 1. The average molecular weight is 522 g/mol. The number of aliphatic imine (C=N–C) groups is 1. The van der Waals surface area contributed by atoms with Gasteiger partial charge in [-0.05, 0) is 105 Å². The Morgan fingerprint density at radius 1 is 0.842 bits per heavy atom. The highest BCUT2D eigenvalue weighted by atomic mass is 19.1. The van der Waals surface area contributed by atoms with E-state index in [9.17, 15) is 0 Å². The molecule has 4 heteroatoms. The van der Waals surface area contributed by atoms with Crippen molar-refractivity contribution in [2.45, 2.75) is 109 Å². The molecule has 2 aromatic rings. The topological polar surface area (TPSA) is 21.6 Å². The Morgan fingerprint density at radius 3 is 2.18 bits per heavy atom. The Morgan fingerprint density at radius 2 is 1.50 bits per heavy atom. The van der Waals surface area contributed by atoms with Gasteiger partial charge in [-0.1, -0.05) is 64.0 Å². The molecule has 2 saturated carbocycles. The van der Waals surface area contributed by atoms with Crippen molar-refractivity contribution in [3.05, 3.63) is 59.2 Å². The van der Waals surface area contributed by atoms with Crippen molar-refractivity contribution in [1.29, 1.82) is 0 Å². The third-order valence-corrected chi connectivity index (χ3v) is 9.36. The summed E-state index contributed by atoms with van der Waals surface area (Å²) in [5, 5.41) is 0. The molecular weight excluding hydrogens is 476 g/mol. The van der Waals surface area contributed by atoms with Crippen LogP contribution in [0.4, 0.5) is 8.78 Å². The van der Waals surface area contributed by atoms with Crippen LogP contribution in [0.15, 0.2) is 41.4 Å². The average Bonchev–Trinajstić information content (AvgIpc) is 3.27. The van der Waals surface area contributed by atoms with Crippen molar-refractivity contribution in [2.24, 2.45) is 22.7 Å². The lowest BCUT2D eigenvalue weighted by molar-refractivity contribution is 0.113. The number of rotatable bonds is 9. The van der Waals surface area contributed by atoms with Crippen molar-refractivity contribution in [3.8, 4) is 11.1 Å². The van der Waals surface area contributed by atoms with Crippen LogP contribution >= 0.6 is 0 Å². The van der Waals surface area contributed by atoms with Crippen LogP contribution in [-0.4, -0.2) is 18.0 Å². The fraction of sp³-hybridized carbons (Fsp3) is 0.618. The van der Waals surface area contributed by atoms with Gasteiger partial charge in [0.15, 0.2) is 0 Å². The van der Waals surface area contributed by atoms with Crippen molar-refractivity contribution in [1.82, 2.24) is 0 Å². The molecule has 38 heavy (non-hydrogen) atoms. The summed E-state index contributed by atoms with van der Waals surface area (Å²) in [6.45, 7) is 6.86. The van der Waals surface area contributed by atoms with Gasteiger partial charge in [-0.3, -0.25) is 0 Å². The van der Waals surface area contributed by atoms with Crippen LogP contribution in [0.2, 0.25) is 0 Å². The van der Waals surface area contributed by atoms with Gasteiger partial charge in [0.1, 0.15) is 18.2 Å². The Kier molecular flexibility index (Phi) is 8.55. The van der Waals surface area contributed by atoms with Gasteiger partial charge in [0.25, 0.3) is 0 Å². The third kappa shape index (κ3) is 6.32. The first-order valence-electron chi connectivity index (χ1n) is 15.2. The predicted molar refractivity (Wildman–Crippen MR) is 153 cm³/mol. The van der Waals surface area contributed by atoms with Crippen LogP contribution < -0.4 is 0 Å². The number of unbranched alkanes of at least 4 members (excludes halogenated alkanes) is 4. The highest BCUT2D eigenvalue weighted by molar-refractivity contribution is 5.95. The van der Waals surface area contributed by atoms with Gasteiger partial charge < -0.3 is 4.74 Å². The highest BCUT2D eigenvalue weighted by Gasteiger charge is 2.36. The molecule has 206 valence electrons. The Balaban J connectivity index is 1.20. The fourth-order valence-corrected chi connectivity index (χ4v) is 7.20. The molecule has 1 aliphatic heterocycles. The van der Waals surface area contributed by atoms with Gasteiger partial charge in [-0.2, -0.15) is 0 Å². The monoisotopic (exact) mass is 521 g/mol.